The highest BCUT2D eigenvalue weighted by Gasteiger charge is 2.42. The maximum absolute atomic E-state index is 13.8. The second-order valence-electron chi connectivity index (χ2n) is 9.31. The predicted octanol–water partition coefficient (Wildman–Crippen LogP) is 5.12. The van der Waals surface area contributed by atoms with Crippen LogP contribution in [0.3, 0.4) is 0 Å². The van der Waals surface area contributed by atoms with Gasteiger partial charge in [0.1, 0.15) is 5.75 Å². The van der Waals surface area contributed by atoms with Crippen molar-refractivity contribution in [3.63, 3.8) is 0 Å². The quantitative estimate of drug-likeness (QED) is 0.497. The van der Waals surface area contributed by atoms with Crippen LogP contribution in [0.1, 0.15) is 46.0 Å². The van der Waals surface area contributed by atoms with Crippen LogP contribution in [0.15, 0.2) is 47.4 Å². The second kappa shape index (κ2) is 10.7. The average Bonchev–Trinajstić information content (AvgIpc) is 2.90. The van der Waals surface area contributed by atoms with Crippen LogP contribution >= 0.6 is 0 Å². The van der Waals surface area contributed by atoms with Gasteiger partial charge >= 0.3 is 5.97 Å². The number of fused-ring (bicyclic) bond motifs is 1. The van der Waals surface area contributed by atoms with Gasteiger partial charge in [0.05, 0.1) is 35.1 Å². The molecule has 0 bridgehead atoms. The van der Waals surface area contributed by atoms with E-state index >= 15 is 0 Å². The summed E-state index contributed by atoms with van der Waals surface area (Å²) in [6.07, 6.45) is 3.40. The van der Waals surface area contributed by atoms with Gasteiger partial charge in [0.15, 0.2) is 9.84 Å². The number of para-hydroxylation sites is 1. The molecule has 2 aromatic carbocycles. The van der Waals surface area contributed by atoms with E-state index in [-0.39, 0.29) is 29.1 Å². The number of carbonyl (C=O) groups is 1. The van der Waals surface area contributed by atoms with Gasteiger partial charge in [-0.25, -0.2) is 8.42 Å². The minimum Gasteiger partial charge on any atom is -0.491 e. The summed E-state index contributed by atoms with van der Waals surface area (Å²) >= 11 is 0. The van der Waals surface area contributed by atoms with Crippen LogP contribution in [-0.4, -0.2) is 52.5 Å². The lowest BCUT2D eigenvalue weighted by atomic mass is 9.81. The average molecular weight is 489 g/mol. The van der Waals surface area contributed by atoms with Crippen molar-refractivity contribution in [2.45, 2.75) is 50.8 Å². The van der Waals surface area contributed by atoms with E-state index in [1.54, 1.807) is 6.07 Å². The Morgan fingerprint density at radius 1 is 1.18 bits per heavy atom. The van der Waals surface area contributed by atoms with E-state index in [4.69, 9.17) is 9.84 Å². The number of anilines is 3. The second-order valence-corrected chi connectivity index (χ2v) is 11.3. The molecule has 1 heterocycles. The van der Waals surface area contributed by atoms with Crippen molar-refractivity contribution < 1.29 is 23.1 Å². The fourth-order valence-electron chi connectivity index (χ4n) is 4.59. The first kappa shape index (κ1) is 25.9. The standard InChI is InChI=1S/C26H36N2O5S/c1-5-7-14-26(6-2)18-28(20-11-9-8-10-12-20)22-16-21(27(3)4)23(33-15-13-25(29)30)17-24(22)34(31,32)19-26/h8-12,16-17H,5-7,13-15,18-19H2,1-4H3,(H,29,30)/t26-/m1/s1. The molecule has 186 valence electrons. The van der Waals surface area contributed by atoms with Gasteiger partial charge in [-0.05, 0) is 31.0 Å². The molecule has 8 heteroatoms. The minimum absolute atomic E-state index is 0.0349. The fraction of sp³-hybridized carbons (Fsp3) is 0.500. The number of hydrogen-bond donors (Lipinski definition) is 1. The molecule has 0 saturated carbocycles. The van der Waals surface area contributed by atoms with Crippen LogP contribution < -0.4 is 14.5 Å². The van der Waals surface area contributed by atoms with Gasteiger partial charge in [0.2, 0.25) is 0 Å². The van der Waals surface area contributed by atoms with Gasteiger partial charge in [0.25, 0.3) is 0 Å². The van der Waals surface area contributed by atoms with Crippen LogP contribution in [0.2, 0.25) is 0 Å². The number of sulfone groups is 1. The summed E-state index contributed by atoms with van der Waals surface area (Å²) in [5, 5.41) is 9.01. The molecule has 0 saturated heterocycles. The number of benzene rings is 2. The van der Waals surface area contributed by atoms with Crippen LogP contribution in [0.25, 0.3) is 0 Å². The molecule has 1 aliphatic heterocycles. The molecule has 0 spiro atoms. The molecule has 0 amide bonds. The molecular weight excluding hydrogens is 452 g/mol. The monoisotopic (exact) mass is 488 g/mol. The first-order valence-electron chi connectivity index (χ1n) is 11.9. The Morgan fingerprint density at radius 2 is 1.88 bits per heavy atom. The highest BCUT2D eigenvalue weighted by atomic mass is 32.2. The highest BCUT2D eigenvalue weighted by Crippen LogP contribution is 2.47. The highest BCUT2D eigenvalue weighted by molar-refractivity contribution is 7.91. The van der Waals surface area contributed by atoms with Crippen LogP contribution in [0.4, 0.5) is 17.1 Å². The zero-order valence-electron chi connectivity index (χ0n) is 20.6. The number of rotatable bonds is 10. The molecule has 2 aromatic rings. The van der Waals surface area contributed by atoms with E-state index in [1.165, 1.54) is 0 Å². The maximum atomic E-state index is 13.8. The van der Waals surface area contributed by atoms with Gasteiger partial charge in [0, 0.05) is 37.8 Å². The van der Waals surface area contributed by atoms with Gasteiger partial charge in [-0.1, -0.05) is 44.9 Å². The minimum atomic E-state index is -3.63. The number of aliphatic carboxylic acids is 1. The van der Waals surface area contributed by atoms with E-state index < -0.39 is 15.8 Å². The summed E-state index contributed by atoms with van der Waals surface area (Å²) in [7, 11) is 0.0927. The Morgan fingerprint density at radius 3 is 2.47 bits per heavy atom. The number of unbranched alkanes of at least 4 members (excludes halogenated alkanes) is 1. The van der Waals surface area contributed by atoms with Gasteiger partial charge < -0.3 is 19.6 Å². The molecule has 0 fully saturated rings. The van der Waals surface area contributed by atoms with Crippen LogP contribution in [0.5, 0.6) is 5.75 Å². The summed E-state index contributed by atoms with van der Waals surface area (Å²) in [6.45, 7) is 4.77. The fourth-order valence-corrected chi connectivity index (χ4v) is 6.77. The van der Waals surface area contributed by atoms with E-state index in [9.17, 15) is 13.2 Å². The molecule has 1 N–H and O–H groups in total. The molecule has 0 radical (unpaired) electrons. The maximum Gasteiger partial charge on any atom is 0.306 e. The van der Waals surface area contributed by atoms with Gasteiger partial charge in [-0.15, -0.1) is 0 Å². The first-order valence-corrected chi connectivity index (χ1v) is 13.5. The van der Waals surface area contributed by atoms with Crippen molar-refractivity contribution in [1.82, 2.24) is 0 Å². The normalized spacial score (nSPS) is 19.2. The molecule has 0 aliphatic carbocycles. The van der Waals surface area contributed by atoms with E-state index in [1.807, 2.05) is 55.4 Å². The lowest BCUT2D eigenvalue weighted by Crippen LogP contribution is -2.37. The van der Waals surface area contributed by atoms with Crippen LogP contribution in [0, 0.1) is 5.41 Å². The molecule has 7 nitrogen and oxygen atoms in total. The van der Waals surface area contributed by atoms with Crippen molar-refractivity contribution in [3.8, 4) is 5.75 Å². The van der Waals surface area contributed by atoms with Crippen molar-refractivity contribution in [3.05, 3.63) is 42.5 Å². The number of carboxylic acids is 1. The molecular formula is C26H36N2O5S. The molecule has 3 rings (SSSR count). The molecule has 0 unspecified atom stereocenters. The topological polar surface area (TPSA) is 87.2 Å². The summed E-state index contributed by atoms with van der Waals surface area (Å²) in [5.41, 5.74) is 1.90. The third-order valence-electron chi connectivity index (χ3n) is 6.59. The summed E-state index contributed by atoms with van der Waals surface area (Å²) in [4.78, 5) is 15.2. The SMILES string of the molecule is CCCC[C@]1(CC)CN(c2ccccc2)c2cc(N(C)C)c(OCCC(=O)O)cc2S(=O)(=O)C1. The van der Waals surface area contributed by atoms with Crippen molar-refractivity contribution in [2.75, 3.05) is 42.8 Å². The first-order chi connectivity index (χ1) is 16.1. The number of ether oxygens (including phenoxy) is 1. The Kier molecular flexibility index (Phi) is 8.13. The predicted molar refractivity (Wildman–Crippen MR) is 136 cm³/mol. The van der Waals surface area contributed by atoms with Gasteiger partial charge in [-0.2, -0.15) is 0 Å². The number of hydrogen-bond acceptors (Lipinski definition) is 6. The number of nitrogens with zero attached hydrogens (tertiary/aromatic N) is 2. The zero-order valence-corrected chi connectivity index (χ0v) is 21.4. The Bertz CT molecular complexity index is 1100. The summed E-state index contributed by atoms with van der Waals surface area (Å²) < 4.78 is 33.5. The third kappa shape index (κ3) is 5.66. The lowest BCUT2D eigenvalue weighted by Gasteiger charge is -2.36. The Labute approximate surface area is 203 Å². The van der Waals surface area contributed by atoms with E-state index in [2.05, 4.69) is 18.7 Å². The van der Waals surface area contributed by atoms with Crippen molar-refractivity contribution in [1.29, 1.82) is 0 Å². The summed E-state index contributed by atoms with van der Waals surface area (Å²) in [5.74, 6) is -0.519. The van der Waals surface area contributed by atoms with Crippen LogP contribution in [-0.2, 0) is 14.6 Å². The molecule has 34 heavy (non-hydrogen) atoms. The van der Waals surface area contributed by atoms with Crippen molar-refractivity contribution >= 4 is 32.9 Å². The molecule has 0 aromatic heterocycles. The largest absolute Gasteiger partial charge is 0.491 e. The number of carboxylic acid groups (broad SMARTS) is 1. The summed E-state index contributed by atoms with van der Waals surface area (Å²) in [6, 6.07) is 13.3. The Hall–Kier alpha value is -2.74. The molecule has 1 atom stereocenters. The lowest BCUT2D eigenvalue weighted by molar-refractivity contribution is -0.137. The smallest absolute Gasteiger partial charge is 0.306 e. The molecule has 1 aliphatic rings. The van der Waals surface area contributed by atoms with E-state index in [0.29, 0.717) is 23.7 Å². The van der Waals surface area contributed by atoms with Gasteiger partial charge in [-0.3, -0.25) is 4.79 Å². The third-order valence-corrected chi connectivity index (χ3v) is 8.58. The Balaban J connectivity index is 2.22. The van der Waals surface area contributed by atoms with Crippen molar-refractivity contribution in [2.24, 2.45) is 5.41 Å². The van der Waals surface area contributed by atoms with E-state index in [0.717, 1.165) is 31.4 Å². The zero-order chi connectivity index (χ0) is 24.9.